The first-order valence-electron chi connectivity index (χ1n) is 12.1. The van der Waals surface area contributed by atoms with Crippen LogP contribution in [0.25, 0.3) is 0 Å². The lowest BCUT2D eigenvalue weighted by atomic mass is 10.0. The van der Waals surface area contributed by atoms with Gasteiger partial charge in [0.2, 0.25) is 0 Å². The third-order valence-electron chi connectivity index (χ3n) is 6.45. The maximum Gasteiger partial charge on any atom is 0.264 e. The van der Waals surface area contributed by atoms with Gasteiger partial charge in [0.1, 0.15) is 5.75 Å². The van der Waals surface area contributed by atoms with Crippen LogP contribution in [0.5, 0.6) is 17.2 Å². The van der Waals surface area contributed by atoms with E-state index in [1.54, 1.807) is 39.3 Å². The molecule has 4 rings (SSSR count). The predicted octanol–water partition coefficient (Wildman–Crippen LogP) is 4.41. The first-order chi connectivity index (χ1) is 17.7. The molecule has 1 aliphatic heterocycles. The molecule has 0 aromatic heterocycles. The van der Waals surface area contributed by atoms with Gasteiger partial charge in [-0.15, -0.1) is 0 Å². The Morgan fingerprint density at radius 3 is 2.46 bits per heavy atom. The van der Waals surface area contributed by atoms with Crippen molar-refractivity contribution >= 4 is 21.6 Å². The normalized spacial score (nSPS) is 13.9. The molecule has 0 unspecified atom stereocenters. The lowest BCUT2D eigenvalue weighted by Crippen LogP contribution is -2.35. The number of benzene rings is 3. The Morgan fingerprint density at radius 2 is 1.73 bits per heavy atom. The van der Waals surface area contributed by atoms with Crippen molar-refractivity contribution in [3.05, 3.63) is 77.4 Å². The summed E-state index contributed by atoms with van der Waals surface area (Å²) in [6.07, 6.45) is 1.63. The number of hydrogen-bond donors (Lipinski definition) is 1. The number of hydrogen-bond acceptors (Lipinski definition) is 6. The Hall–Kier alpha value is -3.72. The Morgan fingerprint density at radius 1 is 1.00 bits per heavy atom. The zero-order chi connectivity index (χ0) is 26.6. The van der Waals surface area contributed by atoms with Crippen molar-refractivity contribution in [2.24, 2.45) is 0 Å². The van der Waals surface area contributed by atoms with E-state index in [1.165, 1.54) is 10.4 Å². The van der Waals surface area contributed by atoms with E-state index >= 15 is 0 Å². The molecule has 1 aliphatic rings. The molecule has 0 aliphatic carbocycles. The predicted molar refractivity (Wildman–Crippen MR) is 142 cm³/mol. The number of para-hydroxylation sites is 1. The maximum absolute atomic E-state index is 13.4. The number of nitrogens with one attached hydrogen (secondary N) is 1. The van der Waals surface area contributed by atoms with Crippen molar-refractivity contribution in [1.29, 1.82) is 0 Å². The van der Waals surface area contributed by atoms with Crippen LogP contribution in [0, 0.1) is 6.92 Å². The summed E-state index contributed by atoms with van der Waals surface area (Å²) in [4.78, 5) is 12.7. The maximum atomic E-state index is 13.4. The van der Waals surface area contributed by atoms with Gasteiger partial charge in [-0.05, 0) is 79.8 Å². The summed E-state index contributed by atoms with van der Waals surface area (Å²) in [6.45, 7) is 3.87. The van der Waals surface area contributed by atoms with E-state index in [4.69, 9.17) is 14.2 Å². The quantitative estimate of drug-likeness (QED) is 0.446. The average molecular weight is 525 g/mol. The molecule has 37 heavy (non-hydrogen) atoms. The zero-order valence-corrected chi connectivity index (χ0v) is 22.3. The number of anilines is 1. The molecule has 1 atom stereocenters. The Kier molecular flexibility index (Phi) is 7.92. The molecule has 0 saturated carbocycles. The van der Waals surface area contributed by atoms with Crippen LogP contribution in [0.3, 0.4) is 0 Å². The number of methoxy groups -OCH3 is 2. The van der Waals surface area contributed by atoms with E-state index in [0.29, 0.717) is 29.4 Å². The van der Waals surface area contributed by atoms with Gasteiger partial charge in [-0.25, -0.2) is 8.42 Å². The number of rotatable bonds is 9. The molecule has 8 nitrogen and oxygen atoms in total. The first-order valence-corrected chi connectivity index (χ1v) is 13.5. The van der Waals surface area contributed by atoms with Crippen molar-refractivity contribution in [2.75, 3.05) is 31.7 Å². The molecule has 0 spiro atoms. The Bertz CT molecular complexity index is 1390. The fourth-order valence-corrected chi connectivity index (χ4v) is 6.08. The monoisotopic (exact) mass is 524 g/mol. The third-order valence-corrected chi connectivity index (χ3v) is 8.26. The van der Waals surface area contributed by atoms with Gasteiger partial charge in [-0.3, -0.25) is 9.10 Å². The van der Waals surface area contributed by atoms with Crippen LogP contribution in [0.4, 0.5) is 5.69 Å². The average Bonchev–Trinajstić information content (AvgIpc) is 2.91. The number of amides is 1. The standard InChI is InChI=1S/C28H32N2O6S/c1-19-16-23(37(32,33)30-15-7-9-21-8-5-6-10-24(21)30)12-14-25(19)36-18-28(31)29-20(2)22-11-13-26(34-3)27(17-22)35-4/h5-6,8,10-14,16-17,20H,7,9,15,18H2,1-4H3,(H,29,31)/t20-/m0/s1. The van der Waals surface area contributed by atoms with Gasteiger partial charge in [-0.2, -0.15) is 0 Å². The summed E-state index contributed by atoms with van der Waals surface area (Å²) in [5.41, 5.74) is 3.25. The Balaban J connectivity index is 1.41. The van der Waals surface area contributed by atoms with E-state index < -0.39 is 10.0 Å². The lowest BCUT2D eigenvalue weighted by molar-refractivity contribution is -0.123. The number of carbonyl (C=O) groups excluding carboxylic acids is 1. The second kappa shape index (κ2) is 11.1. The summed E-state index contributed by atoms with van der Waals surface area (Å²) in [6, 6.07) is 17.5. The molecule has 9 heteroatoms. The summed E-state index contributed by atoms with van der Waals surface area (Å²) < 4.78 is 44.6. The van der Waals surface area contributed by atoms with Gasteiger partial charge < -0.3 is 19.5 Å². The second-order valence-corrected chi connectivity index (χ2v) is 10.8. The van der Waals surface area contributed by atoms with E-state index in [1.807, 2.05) is 43.3 Å². The van der Waals surface area contributed by atoms with Crippen LogP contribution in [-0.2, 0) is 21.2 Å². The fourth-order valence-electron chi connectivity index (χ4n) is 4.45. The molecule has 0 saturated heterocycles. The van der Waals surface area contributed by atoms with Crippen LogP contribution in [-0.4, -0.2) is 41.7 Å². The summed E-state index contributed by atoms with van der Waals surface area (Å²) >= 11 is 0. The molecular weight excluding hydrogens is 492 g/mol. The van der Waals surface area contributed by atoms with Crippen LogP contribution < -0.4 is 23.8 Å². The second-order valence-electron chi connectivity index (χ2n) is 8.93. The molecule has 196 valence electrons. The zero-order valence-electron chi connectivity index (χ0n) is 21.5. The molecule has 3 aromatic rings. The van der Waals surface area contributed by atoms with Gasteiger partial charge in [0, 0.05) is 6.54 Å². The Labute approximate surface area is 218 Å². The van der Waals surface area contributed by atoms with Crippen LogP contribution >= 0.6 is 0 Å². The van der Waals surface area contributed by atoms with Gasteiger partial charge in [0.25, 0.3) is 15.9 Å². The highest BCUT2D eigenvalue weighted by atomic mass is 32.2. The molecule has 3 aromatic carbocycles. The molecular formula is C28H32N2O6S. The van der Waals surface area contributed by atoms with Crippen molar-refractivity contribution in [1.82, 2.24) is 5.32 Å². The number of aryl methyl sites for hydroxylation is 2. The van der Waals surface area contributed by atoms with Gasteiger partial charge in [0.15, 0.2) is 18.1 Å². The third kappa shape index (κ3) is 5.67. The van der Waals surface area contributed by atoms with Crippen LogP contribution in [0.2, 0.25) is 0 Å². The summed E-state index contributed by atoms with van der Waals surface area (Å²) in [7, 11) is -0.599. The highest BCUT2D eigenvalue weighted by molar-refractivity contribution is 7.92. The number of fused-ring (bicyclic) bond motifs is 1. The number of nitrogens with zero attached hydrogens (tertiary/aromatic N) is 1. The lowest BCUT2D eigenvalue weighted by Gasteiger charge is -2.30. The van der Waals surface area contributed by atoms with Crippen LogP contribution in [0.15, 0.2) is 65.6 Å². The first kappa shape index (κ1) is 26.3. The summed E-state index contributed by atoms with van der Waals surface area (Å²) in [5, 5.41) is 2.90. The van der Waals surface area contributed by atoms with Crippen molar-refractivity contribution in [3.63, 3.8) is 0 Å². The van der Waals surface area contributed by atoms with E-state index in [-0.39, 0.29) is 23.5 Å². The highest BCUT2D eigenvalue weighted by Crippen LogP contribution is 2.33. The van der Waals surface area contributed by atoms with E-state index in [0.717, 1.165) is 29.7 Å². The molecule has 1 N–H and O–H groups in total. The number of sulfonamides is 1. The molecule has 0 bridgehead atoms. The van der Waals surface area contributed by atoms with Crippen LogP contribution in [0.1, 0.15) is 36.1 Å². The molecule has 1 heterocycles. The van der Waals surface area contributed by atoms with Crippen molar-refractivity contribution in [2.45, 2.75) is 37.6 Å². The minimum absolute atomic E-state index is 0.195. The summed E-state index contributed by atoms with van der Waals surface area (Å²) in [5.74, 6) is 1.34. The molecule has 0 radical (unpaired) electrons. The molecule has 1 amide bonds. The SMILES string of the molecule is COc1ccc([C@H](C)NC(=O)COc2ccc(S(=O)(=O)N3CCCc4ccccc43)cc2C)cc1OC. The van der Waals surface area contributed by atoms with Crippen molar-refractivity contribution in [3.8, 4) is 17.2 Å². The largest absolute Gasteiger partial charge is 0.493 e. The van der Waals surface area contributed by atoms with E-state index in [9.17, 15) is 13.2 Å². The number of carbonyl (C=O) groups is 1. The van der Waals surface area contributed by atoms with Crippen molar-refractivity contribution < 1.29 is 27.4 Å². The fraction of sp³-hybridized carbons (Fsp3) is 0.321. The van der Waals surface area contributed by atoms with Gasteiger partial charge >= 0.3 is 0 Å². The van der Waals surface area contributed by atoms with Gasteiger partial charge in [0.05, 0.1) is 30.8 Å². The molecule has 0 fully saturated rings. The highest BCUT2D eigenvalue weighted by Gasteiger charge is 2.29. The smallest absolute Gasteiger partial charge is 0.264 e. The minimum atomic E-state index is -3.72. The topological polar surface area (TPSA) is 94.2 Å². The van der Waals surface area contributed by atoms with Gasteiger partial charge in [-0.1, -0.05) is 24.3 Å². The number of ether oxygens (including phenoxy) is 3. The minimum Gasteiger partial charge on any atom is -0.493 e. The van der Waals surface area contributed by atoms with E-state index in [2.05, 4.69) is 5.32 Å².